The average molecular weight is 782 g/mol. The molecule has 1 atom stereocenters. The molecule has 1 unspecified atom stereocenters. The normalized spacial score (nSPS) is 14.9. The molecule has 0 aromatic heterocycles. The Bertz CT molecular complexity index is 2460. The minimum Gasteiger partial charge on any atom is -0.461 e. The summed E-state index contributed by atoms with van der Waals surface area (Å²) in [6.07, 6.45) is 0.0434. The molecule has 3 amide bonds. The van der Waals surface area contributed by atoms with Gasteiger partial charge in [0.15, 0.2) is 5.60 Å². The lowest BCUT2D eigenvalue weighted by atomic mass is 9.77. The van der Waals surface area contributed by atoms with Gasteiger partial charge in [-0.15, -0.1) is 0 Å². The Hall–Kier alpha value is -6.95. The van der Waals surface area contributed by atoms with E-state index in [1.807, 2.05) is 76.2 Å². The quantitative estimate of drug-likeness (QED) is 0.0885. The second kappa shape index (κ2) is 15.9. The van der Waals surface area contributed by atoms with E-state index in [1.54, 1.807) is 54.6 Å². The molecule has 0 saturated carbocycles. The van der Waals surface area contributed by atoms with Crippen molar-refractivity contribution in [3.63, 3.8) is 0 Å². The third-order valence-corrected chi connectivity index (χ3v) is 10.1. The molecule has 2 aliphatic heterocycles. The fraction of sp³-hybridized carbons (Fsp3) is 0.239. The molecular formula is C46H43N3O9. The average Bonchev–Trinajstić information content (AvgIpc) is 3.45. The van der Waals surface area contributed by atoms with E-state index in [0.717, 1.165) is 22.3 Å². The van der Waals surface area contributed by atoms with E-state index in [4.69, 9.17) is 18.9 Å². The van der Waals surface area contributed by atoms with Gasteiger partial charge in [-0.25, -0.2) is 9.59 Å². The Morgan fingerprint density at radius 1 is 0.776 bits per heavy atom. The summed E-state index contributed by atoms with van der Waals surface area (Å²) < 4.78 is 23.6. The van der Waals surface area contributed by atoms with Gasteiger partial charge in [-0.1, -0.05) is 68.4 Å². The number of hydrogen-bond acceptors (Lipinski definition) is 9. The molecule has 5 aromatic carbocycles. The minimum atomic E-state index is -1.38. The van der Waals surface area contributed by atoms with Crippen molar-refractivity contribution in [1.29, 1.82) is 0 Å². The number of amides is 3. The van der Waals surface area contributed by atoms with Crippen LogP contribution in [0.15, 0.2) is 103 Å². The molecule has 2 heterocycles. The molecule has 0 bridgehead atoms. The lowest BCUT2D eigenvalue weighted by Crippen LogP contribution is -2.33. The number of rotatable bonds is 11. The van der Waals surface area contributed by atoms with E-state index in [9.17, 15) is 24.0 Å². The van der Waals surface area contributed by atoms with Crippen LogP contribution in [0, 0.1) is 13.8 Å². The third-order valence-electron chi connectivity index (χ3n) is 10.1. The highest BCUT2D eigenvalue weighted by atomic mass is 16.6. The van der Waals surface area contributed by atoms with Crippen molar-refractivity contribution >= 4 is 41.2 Å². The molecule has 12 heteroatoms. The van der Waals surface area contributed by atoms with Crippen molar-refractivity contribution in [1.82, 2.24) is 5.32 Å². The first kappa shape index (κ1) is 39.3. The number of aryl methyl sites for hydroxylation is 2. The molecule has 12 nitrogen and oxygen atoms in total. The monoisotopic (exact) mass is 781 g/mol. The van der Waals surface area contributed by atoms with Gasteiger partial charge < -0.3 is 34.9 Å². The highest BCUT2D eigenvalue weighted by Gasteiger charge is 2.53. The Morgan fingerprint density at radius 2 is 1.43 bits per heavy atom. The second-order valence-electron chi connectivity index (χ2n) is 15.1. The number of carbonyl (C=O) groups excluding carboxylic acids is 5. The van der Waals surface area contributed by atoms with E-state index in [-0.39, 0.29) is 31.9 Å². The first-order valence-corrected chi connectivity index (χ1v) is 18.9. The van der Waals surface area contributed by atoms with Crippen molar-refractivity contribution in [3.05, 3.63) is 148 Å². The predicted octanol–water partition coefficient (Wildman–Crippen LogP) is 8.36. The summed E-state index contributed by atoms with van der Waals surface area (Å²) >= 11 is 0. The molecule has 1 spiro atoms. The van der Waals surface area contributed by atoms with Crippen LogP contribution >= 0.6 is 0 Å². The number of hydrogen-bond donors (Lipinski definition) is 3. The Balaban J connectivity index is 1.10. The standard InChI is InChI=1S/C46H43N3O9/c1-27-21-28(2)42(39(22-27)56-29(3)50)45(4,5)25-40(51)48-31-15-17-35-37(23-31)57-38-24-32(16-18-36(38)46(35)34-14-10-9-13-33(34)43(53)58-46)49-44(54)47-20-19-41(52)55-26-30-11-7-6-8-12-30/h6-18,21-24H,19-20,25-26H2,1-5H3,(H,48,51)(H2,47,49,54). The van der Waals surface area contributed by atoms with Crippen molar-refractivity contribution < 1.29 is 42.9 Å². The summed E-state index contributed by atoms with van der Waals surface area (Å²) in [6, 6.07) is 29.9. The highest BCUT2D eigenvalue weighted by Crippen LogP contribution is 2.56. The summed E-state index contributed by atoms with van der Waals surface area (Å²) in [4.78, 5) is 64.1. The molecule has 0 saturated heterocycles. The van der Waals surface area contributed by atoms with Crippen LogP contribution in [0.25, 0.3) is 0 Å². The van der Waals surface area contributed by atoms with Gasteiger partial charge in [0.2, 0.25) is 5.91 Å². The first-order valence-electron chi connectivity index (χ1n) is 18.9. The highest BCUT2D eigenvalue weighted by molar-refractivity contribution is 5.98. The van der Waals surface area contributed by atoms with Gasteiger partial charge in [-0.05, 0) is 66.9 Å². The summed E-state index contributed by atoms with van der Waals surface area (Å²) in [6.45, 7) is 9.23. The third kappa shape index (κ3) is 7.99. The summed E-state index contributed by atoms with van der Waals surface area (Å²) in [7, 11) is 0. The Morgan fingerprint density at radius 3 is 2.12 bits per heavy atom. The zero-order valence-electron chi connectivity index (χ0n) is 32.8. The van der Waals surface area contributed by atoms with Crippen LogP contribution in [-0.4, -0.2) is 36.4 Å². The number of benzene rings is 5. The number of carbonyl (C=O) groups is 5. The van der Waals surface area contributed by atoms with E-state index in [2.05, 4.69) is 16.0 Å². The number of fused-ring (bicyclic) bond motifs is 6. The van der Waals surface area contributed by atoms with Gasteiger partial charge in [0.05, 0.1) is 12.0 Å². The summed E-state index contributed by atoms with van der Waals surface area (Å²) in [5, 5.41) is 8.43. The maximum absolute atomic E-state index is 13.7. The van der Waals surface area contributed by atoms with E-state index in [0.29, 0.717) is 50.9 Å². The smallest absolute Gasteiger partial charge is 0.340 e. The lowest BCUT2D eigenvalue weighted by molar-refractivity contribution is -0.144. The van der Waals surface area contributed by atoms with Crippen molar-refractivity contribution in [2.75, 3.05) is 17.2 Å². The van der Waals surface area contributed by atoms with Crippen LogP contribution < -0.4 is 25.4 Å². The topological polar surface area (TPSA) is 158 Å². The zero-order chi connectivity index (χ0) is 41.2. The second-order valence-corrected chi connectivity index (χ2v) is 15.1. The van der Waals surface area contributed by atoms with Crippen LogP contribution in [0.3, 0.4) is 0 Å². The van der Waals surface area contributed by atoms with Gasteiger partial charge in [0.1, 0.15) is 23.9 Å². The number of urea groups is 1. The predicted molar refractivity (Wildman–Crippen MR) is 216 cm³/mol. The zero-order valence-corrected chi connectivity index (χ0v) is 32.8. The van der Waals surface area contributed by atoms with Gasteiger partial charge in [0.25, 0.3) is 0 Å². The fourth-order valence-corrected chi connectivity index (χ4v) is 7.82. The van der Waals surface area contributed by atoms with Gasteiger partial charge >= 0.3 is 23.9 Å². The molecular weight excluding hydrogens is 739 g/mol. The van der Waals surface area contributed by atoms with Crippen molar-refractivity contribution in [2.24, 2.45) is 0 Å². The fourth-order valence-electron chi connectivity index (χ4n) is 7.82. The van der Waals surface area contributed by atoms with Crippen LogP contribution in [0.4, 0.5) is 16.2 Å². The summed E-state index contributed by atoms with van der Waals surface area (Å²) in [5.41, 5.74) is 4.30. The summed E-state index contributed by atoms with van der Waals surface area (Å²) in [5.74, 6) is -0.619. The van der Waals surface area contributed by atoms with Gasteiger partial charge in [-0.3, -0.25) is 14.4 Å². The van der Waals surface area contributed by atoms with Crippen LogP contribution in [0.1, 0.15) is 82.9 Å². The molecule has 296 valence electrons. The molecule has 0 aliphatic carbocycles. The first-order chi connectivity index (χ1) is 27.7. The van der Waals surface area contributed by atoms with Crippen LogP contribution in [0.5, 0.6) is 17.2 Å². The van der Waals surface area contributed by atoms with Gasteiger partial charge in [0, 0.05) is 71.1 Å². The molecule has 58 heavy (non-hydrogen) atoms. The molecule has 3 N–H and O–H groups in total. The number of esters is 3. The molecule has 7 rings (SSSR count). The van der Waals surface area contributed by atoms with Crippen molar-refractivity contribution in [3.8, 4) is 17.2 Å². The van der Waals surface area contributed by atoms with E-state index in [1.165, 1.54) is 6.92 Å². The molecule has 2 aliphatic rings. The Kier molecular flexibility index (Phi) is 10.8. The maximum Gasteiger partial charge on any atom is 0.340 e. The molecule has 0 fully saturated rings. The van der Waals surface area contributed by atoms with Crippen LogP contribution in [0.2, 0.25) is 0 Å². The Labute approximate surface area is 335 Å². The van der Waals surface area contributed by atoms with E-state index < -0.39 is 35.0 Å². The minimum absolute atomic E-state index is 0.0189. The maximum atomic E-state index is 13.7. The van der Waals surface area contributed by atoms with Crippen molar-refractivity contribution in [2.45, 2.75) is 65.1 Å². The number of nitrogens with one attached hydrogen (secondary N) is 3. The van der Waals surface area contributed by atoms with Gasteiger partial charge in [-0.2, -0.15) is 0 Å². The van der Waals surface area contributed by atoms with Crippen LogP contribution in [-0.2, 0) is 41.5 Å². The lowest BCUT2D eigenvalue weighted by Gasteiger charge is -2.37. The SMILES string of the molecule is CC(=O)Oc1cc(C)cc(C)c1C(C)(C)CC(=O)Nc1ccc2c(c1)Oc1cc(NC(=O)NCCC(=O)OCc3ccccc3)ccc1C21OC(=O)c2ccccc21. The molecule has 5 aromatic rings. The largest absolute Gasteiger partial charge is 0.461 e. The molecule has 0 radical (unpaired) electrons. The number of ether oxygens (including phenoxy) is 4. The number of anilines is 2. The van der Waals surface area contributed by atoms with E-state index >= 15 is 0 Å².